The first kappa shape index (κ1) is 14.1. The summed E-state index contributed by atoms with van der Waals surface area (Å²) >= 11 is 1.17. The molecule has 0 bridgehead atoms. The van der Waals surface area contributed by atoms with Crippen LogP contribution >= 0.6 is 11.8 Å². The highest BCUT2D eigenvalue weighted by molar-refractivity contribution is 8.01. The van der Waals surface area contributed by atoms with Crippen LogP contribution in [0.2, 0.25) is 0 Å². The van der Waals surface area contributed by atoms with E-state index in [1.807, 2.05) is 24.3 Å². The lowest BCUT2D eigenvalue weighted by molar-refractivity contribution is -0.145. The summed E-state index contributed by atoms with van der Waals surface area (Å²) in [7, 11) is 0. The molecule has 21 heavy (non-hydrogen) atoms. The number of thioether (sulfide) groups is 1. The summed E-state index contributed by atoms with van der Waals surface area (Å²) in [5.74, 6) is -0.824. The number of carbonyl (C=O) groups excluding carboxylic acids is 3. The molecule has 0 radical (unpaired) electrons. The third kappa shape index (κ3) is 2.33. The molecule has 1 amide bonds. The van der Waals surface area contributed by atoms with E-state index in [2.05, 4.69) is 0 Å². The predicted molar refractivity (Wildman–Crippen MR) is 78.2 cm³/mol. The molecule has 2 unspecified atom stereocenters. The SMILES string of the molecule is CCOC(=O)C1Sc2ccccc2N2C(=O)CCC2C1=O. The van der Waals surface area contributed by atoms with Crippen LogP contribution in [-0.2, 0) is 19.1 Å². The van der Waals surface area contributed by atoms with Crippen molar-refractivity contribution in [3.8, 4) is 0 Å². The number of nitrogens with zero attached hydrogens (tertiary/aromatic N) is 1. The standard InChI is InChI=1S/C15H15NO4S/c1-2-20-15(19)14-13(18)10-7-8-12(17)16(10)9-5-3-4-6-11(9)21-14/h3-6,10,14H,2,7-8H2,1H3. The van der Waals surface area contributed by atoms with Crippen molar-refractivity contribution in [2.45, 2.75) is 36.0 Å². The van der Waals surface area contributed by atoms with Gasteiger partial charge in [-0.2, -0.15) is 0 Å². The van der Waals surface area contributed by atoms with E-state index in [1.54, 1.807) is 11.8 Å². The molecule has 2 aliphatic heterocycles. The van der Waals surface area contributed by atoms with Crippen molar-refractivity contribution in [3.05, 3.63) is 24.3 Å². The maximum Gasteiger partial charge on any atom is 0.327 e. The number of ketones is 1. The highest BCUT2D eigenvalue weighted by Crippen LogP contribution is 2.42. The summed E-state index contributed by atoms with van der Waals surface area (Å²) < 4.78 is 5.01. The zero-order valence-corrected chi connectivity index (χ0v) is 12.4. The van der Waals surface area contributed by atoms with Crippen LogP contribution in [0.25, 0.3) is 0 Å². The molecule has 110 valence electrons. The second-order valence-corrected chi connectivity index (χ2v) is 6.09. The lowest BCUT2D eigenvalue weighted by atomic mass is 10.1. The van der Waals surface area contributed by atoms with Gasteiger partial charge in [0, 0.05) is 11.3 Å². The normalized spacial score (nSPS) is 24.3. The Balaban J connectivity index is 2.05. The smallest absolute Gasteiger partial charge is 0.327 e. The van der Waals surface area contributed by atoms with Crippen molar-refractivity contribution < 1.29 is 19.1 Å². The molecular formula is C15H15NO4S. The molecule has 0 aliphatic carbocycles. The van der Waals surface area contributed by atoms with E-state index in [0.29, 0.717) is 12.8 Å². The van der Waals surface area contributed by atoms with Gasteiger partial charge >= 0.3 is 5.97 Å². The number of para-hydroxylation sites is 1. The van der Waals surface area contributed by atoms with Gasteiger partial charge in [-0.05, 0) is 25.5 Å². The number of ether oxygens (including phenoxy) is 1. The number of carbonyl (C=O) groups is 3. The number of hydrogen-bond acceptors (Lipinski definition) is 5. The Morgan fingerprint density at radius 1 is 1.38 bits per heavy atom. The second-order valence-electron chi connectivity index (χ2n) is 4.94. The summed E-state index contributed by atoms with van der Waals surface area (Å²) in [6.07, 6.45) is 0.799. The minimum absolute atomic E-state index is 0.0640. The molecule has 1 fully saturated rings. The monoisotopic (exact) mass is 305 g/mol. The van der Waals surface area contributed by atoms with Gasteiger partial charge in [0.15, 0.2) is 11.0 Å². The molecule has 6 heteroatoms. The fourth-order valence-corrected chi connectivity index (χ4v) is 3.89. The van der Waals surface area contributed by atoms with Gasteiger partial charge in [-0.25, -0.2) is 0 Å². The van der Waals surface area contributed by atoms with Gasteiger partial charge < -0.3 is 9.64 Å². The summed E-state index contributed by atoms with van der Waals surface area (Å²) in [5, 5.41) is -0.896. The molecule has 0 aromatic heterocycles. The minimum atomic E-state index is -0.896. The Hall–Kier alpha value is -1.82. The van der Waals surface area contributed by atoms with Crippen LogP contribution in [-0.4, -0.2) is 35.6 Å². The third-order valence-electron chi connectivity index (χ3n) is 3.67. The second kappa shape index (κ2) is 5.52. The highest BCUT2D eigenvalue weighted by atomic mass is 32.2. The molecule has 5 nitrogen and oxygen atoms in total. The van der Waals surface area contributed by atoms with Gasteiger partial charge in [-0.15, -0.1) is 11.8 Å². The molecule has 0 saturated carbocycles. The Morgan fingerprint density at radius 3 is 2.90 bits per heavy atom. The molecule has 0 spiro atoms. The molecule has 2 aliphatic rings. The number of Topliss-reactive ketones (excluding diaryl/α,β-unsaturated/α-hetero) is 1. The van der Waals surface area contributed by atoms with E-state index >= 15 is 0 Å². The lowest BCUT2D eigenvalue weighted by Gasteiger charge is -2.22. The van der Waals surface area contributed by atoms with Crippen LogP contribution in [0.15, 0.2) is 29.2 Å². The number of benzene rings is 1. The number of rotatable bonds is 2. The molecule has 1 saturated heterocycles. The van der Waals surface area contributed by atoms with Crippen LogP contribution in [0, 0.1) is 0 Å². The van der Waals surface area contributed by atoms with Crippen molar-refractivity contribution in [1.29, 1.82) is 0 Å². The largest absolute Gasteiger partial charge is 0.465 e. The fraction of sp³-hybridized carbons (Fsp3) is 0.400. The first-order valence-corrected chi connectivity index (χ1v) is 7.79. The maximum absolute atomic E-state index is 12.6. The van der Waals surface area contributed by atoms with Gasteiger partial charge in [0.05, 0.1) is 18.3 Å². The molecule has 3 rings (SSSR count). The molecule has 2 atom stereocenters. The van der Waals surface area contributed by atoms with E-state index in [9.17, 15) is 14.4 Å². The van der Waals surface area contributed by atoms with Gasteiger partial charge in [0.1, 0.15) is 0 Å². The first-order valence-electron chi connectivity index (χ1n) is 6.91. The Labute approximate surface area is 126 Å². The van der Waals surface area contributed by atoms with Crippen LogP contribution in [0.1, 0.15) is 19.8 Å². The highest BCUT2D eigenvalue weighted by Gasteiger charge is 2.46. The fourth-order valence-electron chi connectivity index (χ4n) is 2.75. The zero-order chi connectivity index (χ0) is 15.0. The molecule has 2 heterocycles. The van der Waals surface area contributed by atoms with Crippen molar-refractivity contribution in [1.82, 2.24) is 0 Å². The zero-order valence-electron chi connectivity index (χ0n) is 11.6. The summed E-state index contributed by atoms with van der Waals surface area (Å²) in [6.45, 7) is 1.95. The molecule has 1 aromatic carbocycles. The molecule has 0 N–H and O–H groups in total. The number of fused-ring (bicyclic) bond motifs is 3. The average Bonchev–Trinajstić information content (AvgIpc) is 2.80. The first-order chi connectivity index (χ1) is 10.1. The third-order valence-corrected chi connectivity index (χ3v) is 4.93. The summed E-state index contributed by atoms with van der Waals surface area (Å²) in [5.41, 5.74) is 0.718. The number of esters is 1. The van der Waals surface area contributed by atoms with Crippen LogP contribution < -0.4 is 4.90 Å². The maximum atomic E-state index is 12.6. The van der Waals surface area contributed by atoms with E-state index < -0.39 is 17.3 Å². The average molecular weight is 305 g/mol. The Morgan fingerprint density at radius 2 is 2.14 bits per heavy atom. The van der Waals surface area contributed by atoms with Crippen LogP contribution in [0.4, 0.5) is 5.69 Å². The van der Waals surface area contributed by atoms with Crippen molar-refractivity contribution in [2.24, 2.45) is 0 Å². The molecular weight excluding hydrogens is 290 g/mol. The van der Waals surface area contributed by atoms with E-state index in [-0.39, 0.29) is 18.3 Å². The number of anilines is 1. The van der Waals surface area contributed by atoms with E-state index in [1.165, 1.54) is 11.8 Å². The van der Waals surface area contributed by atoms with E-state index in [4.69, 9.17) is 4.74 Å². The van der Waals surface area contributed by atoms with Gasteiger partial charge in [-0.3, -0.25) is 14.4 Å². The van der Waals surface area contributed by atoms with E-state index in [0.717, 1.165) is 10.6 Å². The van der Waals surface area contributed by atoms with Crippen molar-refractivity contribution in [3.63, 3.8) is 0 Å². The Kier molecular flexibility index (Phi) is 3.71. The lowest BCUT2D eigenvalue weighted by Crippen LogP contribution is -2.43. The number of amides is 1. The van der Waals surface area contributed by atoms with Gasteiger partial charge in [0.25, 0.3) is 0 Å². The van der Waals surface area contributed by atoms with Crippen molar-refractivity contribution in [2.75, 3.05) is 11.5 Å². The summed E-state index contributed by atoms with van der Waals surface area (Å²) in [4.78, 5) is 39.1. The predicted octanol–water partition coefficient (Wildman–Crippen LogP) is 1.79. The minimum Gasteiger partial charge on any atom is -0.465 e. The Bertz CT molecular complexity index is 615. The van der Waals surface area contributed by atoms with Gasteiger partial charge in [0.2, 0.25) is 5.91 Å². The van der Waals surface area contributed by atoms with Crippen LogP contribution in [0.5, 0.6) is 0 Å². The topological polar surface area (TPSA) is 63.7 Å². The quantitative estimate of drug-likeness (QED) is 0.616. The molecule has 1 aromatic rings. The van der Waals surface area contributed by atoms with Crippen LogP contribution in [0.3, 0.4) is 0 Å². The van der Waals surface area contributed by atoms with Gasteiger partial charge in [-0.1, -0.05) is 12.1 Å². The van der Waals surface area contributed by atoms with Crippen molar-refractivity contribution >= 4 is 35.1 Å². The number of hydrogen-bond donors (Lipinski definition) is 0. The summed E-state index contributed by atoms with van der Waals surface area (Å²) in [6, 6.07) is 6.76.